The lowest BCUT2D eigenvalue weighted by molar-refractivity contribution is -0.132. The maximum absolute atomic E-state index is 12.9. The summed E-state index contributed by atoms with van der Waals surface area (Å²) in [6.45, 7) is 2.60. The quantitative estimate of drug-likeness (QED) is 0.286. The fourth-order valence-electron chi connectivity index (χ4n) is 3.06. The zero-order valence-electron chi connectivity index (χ0n) is 17.6. The molecule has 0 aliphatic carbocycles. The van der Waals surface area contributed by atoms with Crippen molar-refractivity contribution in [2.45, 2.75) is 13.8 Å². The molecule has 0 bridgehead atoms. The standard InChI is InChI=1S/C22H16BrN3O6S/c1-11(27)31-16-7-5-4-6-14(16)20-24-22-26(25-20)21(29)18(33-22)10-13-8-15(23)19(32-12(2)28)17(9-13)30-3/h4-10H,1-3H3/b18-10-. The van der Waals surface area contributed by atoms with Crippen LogP contribution < -0.4 is 24.3 Å². The first-order valence-electron chi connectivity index (χ1n) is 9.52. The van der Waals surface area contributed by atoms with E-state index in [0.29, 0.717) is 36.6 Å². The molecule has 0 saturated carbocycles. The first-order valence-corrected chi connectivity index (χ1v) is 11.1. The molecule has 0 amide bonds. The molecule has 4 rings (SSSR count). The summed E-state index contributed by atoms with van der Waals surface area (Å²) >= 11 is 4.53. The second-order valence-corrected chi connectivity index (χ2v) is 8.63. The summed E-state index contributed by atoms with van der Waals surface area (Å²) in [5, 5.41) is 4.31. The molecule has 168 valence electrons. The molecule has 0 aliphatic rings. The molecule has 0 aliphatic heterocycles. The molecule has 4 aromatic rings. The summed E-state index contributed by atoms with van der Waals surface area (Å²) in [4.78, 5) is 40.5. The Bertz CT molecular complexity index is 1510. The molecular formula is C22H16BrN3O6S. The number of hydrogen-bond acceptors (Lipinski definition) is 9. The maximum atomic E-state index is 12.9. The molecule has 2 heterocycles. The highest BCUT2D eigenvalue weighted by Crippen LogP contribution is 2.37. The monoisotopic (exact) mass is 529 g/mol. The minimum atomic E-state index is -0.482. The predicted molar refractivity (Wildman–Crippen MR) is 125 cm³/mol. The van der Waals surface area contributed by atoms with E-state index in [1.165, 1.54) is 25.5 Å². The van der Waals surface area contributed by atoms with E-state index >= 15 is 0 Å². The van der Waals surface area contributed by atoms with Crippen LogP contribution in [0.5, 0.6) is 17.2 Å². The predicted octanol–water partition coefficient (Wildman–Crippen LogP) is 2.99. The molecule has 0 atom stereocenters. The number of nitrogens with zero attached hydrogens (tertiary/aromatic N) is 3. The number of benzene rings is 2. The number of aromatic nitrogens is 3. The molecule has 0 saturated heterocycles. The van der Waals surface area contributed by atoms with Crippen LogP contribution in [0.25, 0.3) is 22.4 Å². The molecule has 0 N–H and O–H groups in total. The van der Waals surface area contributed by atoms with Crippen molar-refractivity contribution in [2.75, 3.05) is 7.11 Å². The van der Waals surface area contributed by atoms with E-state index in [1.54, 1.807) is 42.5 Å². The van der Waals surface area contributed by atoms with Crippen molar-refractivity contribution in [1.29, 1.82) is 0 Å². The van der Waals surface area contributed by atoms with Crippen LogP contribution in [0.4, 0.5) is 0 Å². The summed E-state index contributed by atoms with van der Waals surface area (Å²) in [5.41, 5.74) is 0.804. The van der Waals surface area contributed by atoms with Gasteiger partial charge in [-0.1, -0.05) is 23.5 Å². The molecule has 0 fully saturated rings. The SMILES string of the molecule is COc1cc(/C=c2\sc3nc(-c4ccccc4OC(C)=O)nn3c2=O)cc(Br)c1OC(C)=O. The fourth-order valence-corrected chi connectivity index (χ4v) is 4.51. The van der Waals surface area contributed by atoms with Gasteiger partial charge in [0.2, 0.25) is 4.96 Å². The normalized spacial score (nSPS) is 11.6. The highest BCUT2D eigenvalue weighted by atomic mass is 79.9. The Morgan fingerprint density at radius 2 is 1.82 bits per heavy atom. The van der Waals surface area contributed by atoms with Gasteiger partial charge in [0, 0.05) is 13.8 Å². The van der Waals surface area contributed by atoms with Crippen molar-refractivity contribution >= 4 is 50.2 Å². The fraction of sp³-hybridized carbons (Fsp3) is 0.136. The molecule has 0 unspecified atom stereocenters. The number of esters is 2. The van der Waals surface area contributed by atoms with Crippen LogP contribution in [-0.2, 0) is 9.59 Å². The van der Waals surface area contributed by atoms with E-state index < -0.39 is 11.9 Å². The summed E-state index contributed by atoms with van der Waals surface area (Å²) in [6, 6.07) is 10.2. The number of ether oxygens (including phenoxy) is 3. The lowest BCUT2D eigenvalue weighted by Gasteiger charge is -2.10. The Labute approximate surface area is 199 Å². The van der Waals surface area contributed by atoms with Gasteiger partial charge in [-0.2, -0.15) is 9.50 Å². The summed E-state index contributed by atoms with van der Waals surface area (Å²) in [6.07, 6.45) is 1.67. The lowest BCUT2D eigenvalue weighted by atomic mass is 10.2. The zero-order chi connectivity index (χ0) is 23.7. The number of fused-ring (bicyclic) bond motifs is 1. The van der Waals surface area contributed by atoms with Crippen LogP contribution in [0.1, 0.15) is 19.4 Å². The second kappa shape index (κ2) is 9.12. The molecule has 11 heteroatoms. The van der Waals surface area contributed by atoms with E-state index in [2.05, 4.69) is 26.0 Å². The highest BCUT2D eigenvalue weighted by Gasteiger charge is 2.17. The van der Waals surface area contributed by atoms with E-state index in [1.807, 2.05) is 0 Å². The van der Waals surface area contributed by atoms with Crippen LogP contribution in [0.2, 0.25) is 0 Å². The van der Waals surface area contributed by atoms with E-state index in [9.17, 15) is 14.4 Å². The first-order chi connectivity index (χ1) is 15.8. The van der Waals surface area contributed by atoms with Gasteiger partial charge in [0.15, 0.2) is 17.3 Å². The number of methoxy groups -OCH3 is 1. The third-order valence-electron chi connectivity index (χ3n) is 4.36. The largest absolute Gasteiger partial charge is 0.493 e. The zero-order valence-corrected chi connectivity index (χ0v) is 20.0. The third-order valence-corrected chi connectivity index (χ3v) is 5.91. The minimum Gasteiger partial charge on any atom is -0.493 e. The van der Waals surface area contributed by atoms with E-state index in [4.69, 9.17) is 14.2 Å². The summed E-state index contributed by atoms with van der Waals surface area (Å²) in [7, 11) is 1.45. The highest BCUT2D eigenvalue weighted by molar-refractivity contribution is 9.10. The lowest BCUT2D eigenvalue weighted by Crippen LogP contribution is -2.23. The Morgan fingerprint density at radius 3 is 2.48 bits per heavy atom. The number of para-hydroxylation sites is 1. The van der Waals surface area contributed by atoms with Crippen molar-refractivity contribution in [2.24, 2.45) is 0 Å². The first kappa shape index (κ1) is 22.6. The average molecular weight is 530 g/mol. The number of carbonyl (C=O) groups is 2. The van der Waals surface area contributed by atoms with Gasteiger partial charge in [-0.25, -0.2) is 0 Å². The van der Waals surface area contributed by atoms with Crippen molar-refractivity contribution in [3.05, 3.63) is 61.3 Å². The van der Waals surface area contributed by atoms with Crippen molar-refractivity contribution in [3.8, 4) is 28.6 Å². The Hall–Kier alpha value is -3.57. The van der Waals surface area contributed by atoms with Gasteiger partial charge in [-0.3, -0.25) is 14.4 Å². The van der Waals surface area contributed by atoms with Crippen molar-refractivity contribution in [3.63, 3.8) is 0 Å². The van der Waals surface area contributed by atoms with Crippen LogP contribution in [0, 0.1) is 0 Å². The van der Waals surface area contributed by atoms with Crippen LogP contribution >= 0.6 is 27.3 Å². The van der Waals surface area contributed by atoms with Gasteiger partial charge in [-0.15, -0.1) is 5.10 Å². The second-order valence-electron chi connectivity index (χ2n) is 6.76. The third kappa shape index (κ3) is 4.64. The number of thiazole rings is 1. The molecule has 33 heavy (non-hydrogen) atoms. The van der Waals surface area contributed by atoms with Gasteiger partial charge in [-0.05, 0) is 51.8 Å². The topological polar surface area (TPSA) is 109 Å². The molecule has 9 nitrogen and oxygen atoms in total. The molecule has 0 spiro atoms. The Morgan fingerprint density at radius 1 is 1.09 bits per heavy atom. The molecule has 2 aromatic heterocycles. The van der Waals surface area contributed by atoms with Gasteiger partial charge in [0.25, 0.3) is 5.56 Å². The van der Waals surface area contributed by atoms with E-state index in [0.717, 1.165) is 11.3 Å². The smallest absolute Gasteiger partial charge is 0.308 e. The number of rotatable bonds is 5. The molecular weight excluding hydrogens is 514 g/mol. The molecule has 0 radical (unpaired) electrons. The van der Waals surface area contributed by atoms with Gasteiger partial charge in [0.1, 0.15) is 5.75 Å². The van der Waals surface area contributed by atoms with Crippen LogP contribution in [0.15, 0.2) is 45.7 Å². The van der Waals surface area contributed by atoms with Crippen molar-refractivity contribution in [1.82, 2.24) is 14.6 Å². The van der Waals surface area contributed by atoms with Crippen molar-refractivity contribution < 1.29 is 23.8 Å². The summed E-state index contributed by atoms with van der Waals surface area (Å²) in [5.74, 6) is 0.227. The van der Waals surface area contributed by atoms with Gasteiger partial charge < -0.3 is 14.2 Å². The van der Waals surface area contributed by atoms with Crippen LogP contribution in [0.3, 0.4) is 0 Å². The van der Waals surface area contributed by atoms with Gasteiger partial charge >= 0.3 is 11.9 Å². The average Bonchev–Trinajstić information content (AvgIpc) is 3.29. The number of hydrogen-bond donors (Lipinski definition) is 0. The number of halogens is 1. The Kier molecular flexibility index (Phi) is 6.25. The van der Waals surface area contributed by atoms with Gasteiger partial charge in [0.05, 0.1) is 21.7 Å². The maximum Gasteiger partial charge on any atom is 0.308 e. The number of carbonyl (C=O) groups excluding carboxylic acids is 2. The van der Waals surface area contributed by atoms with Crippen LogP contribution in [-0.4, -0.2) is 33.6 Å². The van der Waals surface area contributed by atoms with E-state index in [-0.39, 0.29) is 17.1 Å². The molecule has 2 aromatic carbocycles. The Balaban J connectivity index is 1.76. The minimum absolute atomic E-state index is 0.253. The summed E-state index contributed by atoms with van der Waals surface area (Å²) < 4.78 is 17.8.